The highest BCUT2D eigenvalue weighted by Crippen LogP contribution is 2.25. The van der Waals surface area contributed by atoms with Crippen LogP contribution in [0.2, 0.25) is 0 Å². The molecular weight excluding hydrogens is 140 g/mol. The molecule has 0 aromatic rings. The molecule has 0 aromatic carbocycles. The molecule has 62 valence electrons. The second kappa shape index (κ2) is 2.99. The Kier molecular flexibility index (Phi) is 2.22. The van der Waals surface area contributed by atoms with E-state index < -0.39 is 0 Å². The molecule has 1 aliphatic rings. The van der Waals surface area contributed by atoms with Gasteiger partial charge >= 0.3 is 0 Å². The van der Waals surface area contributed by atoms with Crippen LogP contribution in [0, 0.1) is 11.8 Å². The van der Waals surface area contributed by atoms with Crippen molar-refractivity contribution in [3.8, 4) is 0 Å². The summed E-state index contributed by atoms with van der Waals surface area (Å²) in [5.74, 6) is 1.01. The Balaban J connectivity index is 2.67. The minimum absolute atomic E-state index is 0.0156. The van der Waals surface area contributed by atoms with Gasteiger partial charge in [-0.1, -0.05) is 19.9 Å². The molecule has 1 aliphatic carbocycles. The molecule has 0 saturated carbocycles. The molecular formula is C9H14O2. The Labute approximate surface area is 66.9 Å². The van der Waals surface area contributed by atoms with E-state index in [4.69, 9.17) is 5.11 Å². The Morgan fingerprint density at radius 1 is 1.45 bits per heavy atom. The topological polar surface area (TPSA) is 40.5 Å². The number of rotatable bonds is 1. The summed E-state index contributed by atoms with van der Waals surface area (Å²) in [7, 11) is 0. The Morgan fingerprint density at radius 2 is 2.09 bits per heavy atom. The van der Waals surface area contributed by atoms with Crippen LogP contribution in [0.1, 0.15) is 20.3 Å². The maximum absolute atomic E-state index is 9.18. The zero-order valence-corrected chi connectivity index (χ0v) is 6.91. The molecule has 0 amide bonds. The molecule has 1 unspecified atom stereocenters. The van der Waals surface area contributed by atoms with E-state index in [0.717, 1.165) is 0 Å². The lowest BCUT2D eigenvalue weighted by Crippen LogP contribution is -2.11. The van der Waals surface area contributed by atoms with Crippen LogP contribution >= 0.6 is 0 Å². The number of aliphatic hydroxyl groups excluding tert-OH is 2. The van der Waals surface area contributed by atoms with E-state index >= 15 is 0 Å². The van der Waals surface area contributed by atoms with Gasteiger partial charge in [-0.3, -0.25) is 0 Å². The predicted octanol–water partition coefficient (Wildman–Crippen LogP) is 2.55. The summed E-state index contributed by atoms with van der Waals surface area (Å²) in [5.41, 5.74) is 0. The van der Waals surface area contributed by atoms with Gasteiger partial charge < -0.3 is 10.2 Å². The van der Waals surface area contributed by atoms with Crippen LogP contribution in [0.3, 0.4) is 0 Å². The van der Waals surface area contributed by atoms with Crippen molar-refractivity contribution in [3.05, 3.63) is 23.7 Å². The molecule has 0 spiro atoms. The van der Waals surface area contributed by atoms with Crippen LogP contribution in [0.15, 0.2) is 23.7 Å². The van der Waals surface area contributed by atoms with Crippen molar-refractivity contribution < 1.29 is 10.2 Å². The summed E-state index contributed by atoms with van der Waals surface area (Å²) in [6.45, 7) is 4.20. The highest BCUT2D eigenvalue weighted by Gasteiger charge is 2.17. The minimum Gasteiger partial charge on any atom is -0.508 e. The van der Waals surface area contributed by atoms with Crippen LogP contribution in [-0.2, 0) is 0 Å². The van der Waals surface area contributed by atoms with Crippen LogP contribution in [0.25, 0.3) is 0 Å². The number of hydrogen-bond acceptors (Lipinski definition) is 2. The Bertz CT molecular complexity index is 202. The van der Waals surface area contributed by atoms with E-state index in [2.05, 4.69) is 13.8 Å². The lowest BCUT2D eigenvalue weighted by molar-refractivity contribution is 0.286. The van der Waals surface area contributed by atoms with Crippen molar-refractivity contribution in [1.82, 2.24) is 0 Å². The van der Waals surface area contributed by atoms with Crippen molar-refractivity contribution in [2.75, 3.05) is 0 Å². The Morgan fingerprint density at radius 3 is 2.55 bits per heavy atom. The highest BCUT2D eigenvalue weighted by atomic mass is 16.3. The monoisotopic (exact) mass is 154 g/mol. The molecule has 1 rings (SSSR count). The molecule has 2 nitrogen and oxygen atoms in total. The predicted molar refractivity (Wildman–Crippen MR) is 44.4 cm³/mol. The molecule has 2 heteroatoms. The molecule has 0 heterocycles. The van der Waals surface area contributed by atoms with Crippen molar-refractivity contribution in [1.29, 1.82) is 0 Å². The first-order valence-corrected chi connectivity index (χ1v) is 3.90. The van der Waals surface area contributed by atoms with E-state index in [1.165, 1.54) is 0 Å². The molecule has 2 N–H and O–H groups in total. The maximum atomic E-state index is 9.18. The van der Waals surface area contributed by atoms with Crippen molar-refractivity contribution in [3.63, 3.8) is 0 Å². The van der Waals surface area contributed by atoms with Gasteiger partial charge in [0.25, 0.3) is 0 Å². The molecule has 0 bridgehead atoms. The fraction of sp³-hybridized carbons (Fsp3) is 0.556. The lowest BCUT2D eigenvalue weighted by atomic mass is 9.88. The summed E-state index contributed by atoms with van der Waals surface area (Å²) >= 11 is 0. The zero-order chi connectivity index (χ0) is 8.43. The van der Waals surface area contributed by atoms with Crippen LogP contribution in [0.5, 0.6) is 0 Å². The first-order chi connectivity index (χ1) is 5.11. The van der Waals surface area contributed by atoms with Crippen LogP contribution < -0.4 is 0 Å². The highest BCUT2D eigenvalue weighted by molar-refractivity contribution is 5.20. The minimum atomic E-state index is 0.0156. The smallest absolute Gasteiger partial charge is 0.152 e. The average molecular weight is 154 g/mol. The van der Waals surface area contributed by atoms with Gasteiger partial charge in [0.15, 0.2) is 5.76 Å². The lowest BCUT2D eigenvalue weighted by Gasteiger charge is -2.19. The van der Waals surface area contributed by atoms with Gasteiger partial charge in [-0.15, -0.1) is 0 Å². The largest absolute Gasteiger partial charge is 0.508 e. The third-order valence-electron chi connectivity index (χ3n) is 2.08. The Hall–Kier alpha value is -0.920. The van der Waals surface area contributed by atoms with Crippen molar-refractivity contribution in [2.24, 2.45) is 11.8 Å². The standard InChI is InChI=1S/C9H14O2/c1-6(2)7-3-4-8(10)9(11)5-7/h3-4,6-7,10-11H,5H2,1-2H3. The number of aliphatic hydroxyl groups is 2. The van der Waals surface area contributed by atoms with Crippen LogP contribution in [-0.4, -0.2) is 10.2 Å². The summed E-state index contributed by atoms with van der Waals surface area (Å²) < 4.78 is 0. The van der Waals surface area contributed by atoms with Gasteiger partial charge in [-0.05, 0) is 17.9 Å². The fourth-order valence-electron chi connectivity index (χ4n) is 1.16. The third kappa shape index (κ3) is 1.76. The van der Waals surface area contributed by atoms with Crippen molar-refractivity contribution in [2.45, 2.75) is 20.3 Å². The third-order valence-corrected chi connectivity index (χ3v) is 2.08. The average Bonchev–Trinajstić information content (AvgIpc) is 1.94. The van der Waals surface area contributed by atoms with Crippen molar-refractivity contribution >= 4 is 0 Å². The van der Waals surface area contributed by atoms with Gasteiger partial charge in [0.05, 0.1) is 0 Å². The van der Waals surface area contributed by atoms with Crippen LogP contribution in [0.4, 0.5) is 0 Å². The van der Waals surface area contributed by atoms with Gasteiger partial charge in [0, 0.05) is 6.42 Å². The maximum Gasteiger partial charge on any atom is 0.152 e. The van der Waals surface area contributed by atoms with Gasteiger partial charge in [-0.2, -0.15) is 0 Å². The second-order valence-corrected chi connectivity index (χ2v) is 3.30. The second-order valence-electron chi connectivity index (χ2n) is 3.30. The summed E-state index contributed by atoms with van der Waals surface area (Å²) in [6.07, 6.45) is 4.09. The summed E-state index contributed by atoms with van der Waals surface area (Å²) in [5, 5.41) is 18.2. The molecule has 11 heavy (non-hydrogen) atoms. The number of allylic oxidation sites excluding steroid dienone is 3. The van der Waals surface area contributed by atoms with Gasteiger partial charge in [-0.25, -0.2) is 0 Å². The molecule has 0 fully saturated rings. The fourth-order valence-corrected chi connectivity index (χ4v) is 1.16. The molecule has 0 aliphatic heterocycles. The molecule has 1 atom stereocenters. The first kappa shape index (κ1) is 8.18. The SMILES string of the molecule is CC(C)C1C=CC(O)=C(O)C1. The van der Waals surface area contributed by atoms with E-state index in [1.54, 1.807) is 6.08 Å². The molecule has 0 saturated heterocycles. The number of hydrogen-bond donors (Lipinski definition) is 2. The molecule has 0 aromatic heterocycles. The summed E-state index contributed by atoms with van der Waals surface area (Å²) in [6, 6.07) is 0. The van der Waals surface area contributed by atoms with Gasteiger partial charge in [0.1, 0.15) is 5.76 Å². The van der Waals surface area contributed by atoms with E-state index in [1.807, 2.05) is 6.08 Å². The van der Waals surface area contributed by atoms with E-state index in [-0.39, 0.29) is 11.5 Å². The molecule has 0 radical (unpaired) electrons. The summed E-state index contributed by atoms with van der Waals surface area (Å²) in [4.78, 5) is 0. The quantitative estimate of drug-likeness (QED) is 0.609. The first-order valence-electron chi connectivity index (χ1n) is 3.90. The van der Waals surface area contributed by atoms with E-state index in [0.29, 0.717) is 18.3 Å². The van der Waals surface area contributed by atoms with E-state index in [9.17, 15) is 5.11 Å². The van der Waals surface area contributed by atoms with Gasteiger partial charge in [0.2, 0.25) is 0 Å². The normalized spacial score (nSPS) is 24.8. The zero-order valence-electron chi connectivity index (χ0n) is 6.91.